The van der Waals surface area contributed by atoms with Crippen LogP contribution in [0.1, 0.15) is 30.5 Å². The Hall–Kier alpha value is -1.14. The fraction of sp³-hybridized carbons (Fsp3) is 0.312. The molecule has 0 saturated heterocycles. The molecule has 4 heteroatoms. The standard InChI is InChI=1S/C16H19IN2O/c1-3-8-20-13-9-12(10-19-11-13)16(18-2)14-6-4-5-7-15(14)17/h4-7,9-11,16,18H,3,8H2,1-2H3. The van der Waals surface area contributed by atoms with Crippen molar-refractivity contribution >= 4 is 22.6 Å². The summed E-state index contributed by atoms with van der Waals surface area (Å²) >= 11 is 2.37. The molecule has 0 aliphatic carbocycles. The van der Waals surface area contributed by atoms with E-state index in [2.05, 4.69) is 70.1 Å². The van der Waals surface area contributed by atoms with Gasteiger partial charge in [-0.2, -0.15) is 0 Å². The minimum absolute atomic E-state index is 0.126. The molecule has 20 heavy (non-hydrogen) atoms. The first-order chi connectivity index (χ1) is 9.76. The van der Waals surface area contributed by atoms with Gasteiger partial charge in [0, 0.05) is 9.77 Å². The number of benzene rings is 1. The van der Waals surface area contributed by atoms with Gasteiger partial charge in [0.1, 0.15) is 5.75 Å². The van der Waals surface area contributed by atoms with Crippen molar-refractivity contribution in [1.82, 2.24) is 10.3 Å². The van der Waals surface area contributed by atoms with Crippen LogP contribution in [0.25, 0.3) is 0 Å². The van der Waals surface area contributed by atoms with Crippen LogP contribution in [-0.4, -0.2) is 18.6 Å². The first kappa shape index (κ1) is 15.3. The second-order valence-corrected chi connectivity index (χ2v) is 5.71. The van der Waals surface area contributed by atoms with E-state index in [1.165, 1.54) is 9.13 Å². The molecule has 106 valence electrons. The number of aromatic nitrogens is 1. The lowest BCUT2D eigenvalue weighted by atomic mass is 10.0. The molecule has 0 amide bonds. The van der Waals surface area contributed by atoms with Crippen LogP contribution in [0.15, 0.2) is 42.7 Å². The van der Waals surface area contributed by atoms with Crippen LogP contribution < -0.4 is 10.1 Å². The van der Waals surface area contributed by atoms with E-state index in [-0.39, 0.29) is 6.04 Å². The van der Waals surface area contributed by atoms with E-state index in [9.17, 15) is 0 Å². The minimum atomic E-state index is 0.126. The van der Waals surface area contributed by atoms with Gasteiger partial charge >= 0.3 is 0 Å². The zero-order valence-electron chi connectivity index (χ0n) is 11.8. The van der Waals surface area contributed by atoms with Crippen LogP contribution in [0.4, 0.5) is 0 Å². The molecule has 0 saturated carbocycles. The molecule has 2 rings (SSSR count). The Morgan fingerprint density at radius 2 is 2.10 bits per heavy atom. The van der Waals surface area contributed by atoms with Gasteiger partial charge in [-0.05, 0) is 59.3 Å². The Morgan fingerprint density at radius 1 is 1.30 bits per heavy atom. The predicted octanol–water partition coefficient (Wildman–Crippen LogP) is 3.78. The molecule has 1 heterocycles. The molecule has 1 aromatic carbocycles. The Bertz CT molecular complexity index is 560. The maximum atomic E-state index is 5.66. The first-order valence-electron chi connectivity index (χ1n) is 6.75. The van der Waals surface area contributed by atoms with Gasteiger partial charge in [0.2, 0.25) is 0 Å². The zero-order valence-corrected chi connectivity index (χ0v) is 13.9. The molecule has 0 bridgehead atoms. The number of hydrogen-bond donors (Lipinski definition) is 1. The summed E-state index contributed by atoms with van der Waals surface area (Å²) in [6.45, 7) is 2.82. The summed E-state index contributed by atoms with van der Waals surface area (Å²) < 4.78 is 6.90. The summed E-state index contributed by atoms with van der Waals surface area (Å²) in [6.07, 6.45) is 4.65. The number of ether oxygens (including phenoxy) is 1. The minimum Gasteiger partial charge on any atom is -0.492 e. The summed E-state index contributed by atoms with van der Waals surface area (Å²) in [4.78, 5) is 4.29. The maximum Gasteiger partial charge on any atom is 0.137 e. The van der Waals surface area contributed by atoms with Crippen molar-refractivity contribution in [3.05, 3.63) is 57.4 Å². The number of pyridine rings is 1. The quantitative estimate of drug-likeness (QED) is 0.773. The third kappa shape index (κ3) is 3.70. The Balaban J connectivity index is 2.30. The molecule has 1 unspecified atom stereocenters. The van der Waals surface area contributed by atoms with Gasteiger partial charge in [0.25, 0.3) is 0 Å². The highest BCUT2D eigenvalue weighted by Crippen LogP contribution is 2.27. The summed E-state index contributed by atoms with van der Waals surface area (Å²) in [5, 5.41) is 3.36. The molecule has 0 aliphatic heterocycles. The van der Waals surface area contributed by atoms with Gasteiger partial charge in [0.05, 0.1) is 18.8 Å². The van der Waals surface area contributed by atoms with Crippen LogP contribution >= 0.6 is 22.6 Å². The highest BCUT2D eigenvalue weighted by molar-refractivity contribution is 14.1. The van der Waals surface area contributed by atoms with Gasteiger partial charge in [-0.25, -0.2) is 0 Å². The summed E-state index contributed by atoms with van der Waals surface area (Å²) in [5.74, 6) is 0.829. The molecular weight excluding hydrogens is 363 g/mol. The summed E-state index contributed by atoms with van der Waals surface area (Å²) in [7, 11) is 1.97. The van der Waals surface area contributed by atoms with Crippen LogP contribution in [0.5, 0.6) is 5.75 Å². The number of halogens is 1. The molecule has 1 aromatic heterocycles. The van der Waals surface area contributed by atoms with Gasteiger partial charge in [-0.15, -0.1) is 0 Å². The van der Waals surface area contributed by atoms with E-state index in [1.54, 1.807) is 6.20 Å². The molecule has 3 nitrogen and oxygen atoms in total. The van der Waals surface area contributed by atoms with Crippen molar-refractivity contribution in [2.24, 2.45) is 0 Å². The second-order valence-electron chi connectivity index (χ2n) is 4.55. The third-order valence-electron chi connectivity index (χ3n) is 3.05. The molecule has 0 aliphatic rings. The fourth-order valence-electron chi connectivity index (χ4n) is 2.10. The molecule has 0 radical (unpaired) electrons. The SMILES string of the molecule is CCCOc1cncc(C(NC)c2ccccc2I)c1. The average Bonchev–Trinajstić information content (AvgIpc) is 2.48. The predicted molar refractivity (Wildman–Crippen MR) is 90.1 cm³/mol. The lowest BCUT2D eigenvalue weighted by Gasteiger charge is -2.19. The Kier molecular flexibility index (Phi) is 5.79. The molecular formula is C16H19IN2O. The second kappa shape index (κ2) is 7.59. The zero-order chi connectivity index (χ0) is 14.4. The lowest BCUT2D eigenvalue weighted by Crippen LogP contribution is -2.19. The fourth-order valence-corrected chi connectivity index (χ4v) is 2.80. The van der Waals surface area contributed by atoms with Crippen molar-refractivity contribution in [2.75, 3.05) is 13.7 Å². The topological polar surface area (TPSA) is 34.1 Å². The van der Waals surface area contributed by atoms with Crippen molar-refractivity contribution < 1.29 is 4.74 Å². The number of hydrogen-bond acceptors (Lipinski definition) is 3. The Labute approximate surface area is 133 Å². The molecule has 0 spiro atoms. The van der Waals surface area contributed by atoms with E-state index in [1.807, 2.05) is 13.2 Å². The number of rotatable bonds is 6. The molecule has 1 atom stereocenters. The largest absolute Gasteiger partial charge is 0.492 e. The van der Waals surface area contributed by atoms with E-state index in [0.717, 1.165) is 24.3 Å². The average molecular weight is 382 g/mol. The van der Waals surface area contributed by atoms with E-state index in [0.29, 0.717) is 0 Å². The van der Waals surface area contributed by atoms with E-state index < -0.39 is 0 Å². The normalized spacial score (nSPS) is 12.2. The van der Waals surface area contributed by atoms with Crippen molar-refractivity contribution in [3.63, 3.8) is 0 Å². The molecule has 1 N–H and O–H groups in total. The van der Waals surface area contributed by atoms with Crippen LogP contribution in [-0.2, 0) is 0 Å². The monoisotopic (exact) mass is 382 g/mol. The van der Waals surface area contributed by atoms with E-state index in [4.69, 9.17) is 4.74 Å². The number of nitrogens with one attached hydrogen (secondary N) is 1. The van der Waals surface area contributed by atoms with Gasteiger partial charge in [-0.1, -0.05) is 25.1 Å². The summed E-state index contributed by atoms with van der Waals surface area (Å²) in [5.41, 5.74) is 2.37. The Morgan fingerprint density at radius 3 is 2.80 bits per heavy atom. The van der Waals surface area contributed by atoms with Gasteiger partial charge < -0.3 is 10.1 Å². The van der Waals surface area contributed by atoms with Crippen LogP contribution in [0.3, 0.4) is 0 Å². The van der Waals surface area contributed by atoms with Gasteiger partial charge in [-0.3, -0.25) is 4.98 Å². The van der Waals surface area contributed by atoms with Crippen molar-refractivity contribution in [1.29, 1.82) is 0 Å². The van der Waals surface area contributed by atoms with E-state index >= 15 is 0 Å². The lowest BCUT2D eigenvalue weighted by molar-refractivity contribution is 0.315. The molecule has 2 aromatic rings. The molecule has 0 fully saturated rings. The third-order valence-corrected chi connectivity index (χ3v) is 4.03. The van der Waals surface area contributed by atoms with Crippen molar-refractivity contribution in [3.8, 4) is 5.75 Å². The van der Waals surface area contributed by atoms with Crippen molar-refractivity contribution in [2.45, 2.75) is 19.4 Å². The highest BCUT2D eigenvalue weighted by atomic mass is 127. The van der Waals surface area contributed by atoms with Crippen LogP contribution in [0.2, 0.25) is 0 Å². The van der Waals surface area contributed by atoms with Gasteiger partial charge in [0.15, 0.2) is 0 Å². The highest BCUT2D eigenvalue weighted by Gasteiger charge is 2.15. The summed E-state index contributed by atoms with van der Waals surface area (Å²) in [6, 6.07) is 10.6. The maximum absolute atomic E-state index is 5.66. The smallest absolute Gasteiger partial charge is 0.137 e. The first-order valence-corrected chi connectivity index (χ1v) is 7.83. The number of nitrogens with zero attached hydrogens (tertiary/aromatic N) is 1. The van der Waals surface area contributed by atoms with Crippen LogP contribution in [0, 0.1) is 3.57 Å².